The van der Waals surface area contributed by atoms with Gasteiger partial charge in [-0.05, 0) is 19.9 Å². The first-order valence-corrected chi connectivity index (χ1v) is 7.72. The quantitative estimate of drug-likeness (QED) is 0.711. The summed E-state index contributed by atoms with van der Waals surface area (Å²) < 4.78 is 8.36. The normalized spacial score (nSPS) is 11.1. The molecule has 0 fully saturated rings. The van der Waals surface area contributed by atoms with Crippen LogP contribution in [0.3, 0.4) is 0 Å². The molecule has 2 heterocycles. The molecule has 0 aliphatic carbocycles. The highest BCUT2D eigenvalue weighted by molar-refractivity contribution is 7.00. The molecule has 0 spiro atoms. The molecule has 2 aromatic heterocycles. The molecule has 3 rings (SSSR count). The third kappa shape index (κ3) is 2.64. The minimum absolute atomic E-state index is 0.264. The van der Waals surface area contributed by atoms with Crippen LogP contribution in [0.2, 0.25) is 15.2 Å². The van der Waals surface area contributed by atoms with Gasteiger partial charge in [-0.3, -0.25) is 0 Å². The van der Waals surface area contributed by atoms with Crippen molar-refractivity contribution >= 4 is 69.1 Å². The Labute approximate surface area is 139 Å². The van der Waals surface area contributed by atoms with Crippen LogP contribution in [0, 0.1) is 13.8 Å². The first-order valence-electron chi connectivity index (χ1n) is 5.85. The van der Waals surface area contributed by atoms with E-state index in [0.717, 1.165) is 23.1 Å². The highest BCUT2D eigenvalue weighted by Gasteiger charge is 2.16. The minimum atomic E-state index is 0.264. The van der Waals surface area contributed by atoms with Gasteiger partial charge in [-0.25, -0.2) is 9.97 Å². The van der Waals surface area contributed by atoms with Crippen LogP contribution in [0.1, 0.15) is 11.4 Å². The Bertz CT molecular complexity index is 849. The second kappa shape index (κ2) is 5.53. The number of hydrogen-bond acceptors (Lipinski definition) is 6. The third-order valence-corrected chi connectivity index (χ3v) is 4.33. The van der Waals surface area contributed by atoms with Gasteiger partial charge in [0.25, 0.3) is 0 Å². The molecule has 0 amide bonds. The van der Waals surface area contributed by atoms with Crippen molar-refractivity contribution < 1.29 is 0 Å². The number of benzene rings is 1. The summed E-state index contributed by atoms with van der Waals surface area (Å²) in [6.07, 6.45) is 0. The van der Waals surface area contributed by atoms with Crippen LogP contribution in [0.4, 0.5) is 11.5 Å². The van der Waals surface area contributed by atoms with E-state index in [1.165, 1.54) is 0 Å². The lowest BCUT2D eigenvalue weighted by Crippen LogP contribution is -2.01. The van der Waals surface area contributed by atoms with E-state index in [0.29, 0.717) is 32.6 Å². The predicted octanol–water partition coefficient (Wildman–Crippen LogP) is 4.80. The molecule has 1 N–H and O–H groups in total. The van der Waals surface area contributed by atoms with Crippen molar-refractivity contribution in [3.05, 3.63) is 32.7 Å². The smallest absolute Gasteiger partial charge is 0.172 e. The molecular formula is C12H8Cl3N5S. The molecule has 0 radical (unpaired) electrons. The monoisotopic (exact) mass is 359 g/mol. The van der Waals surface area contributed by atoms with Crippen LogP contribution < -0.4 is 5.32 Å². The van der Waals surface area contributed by atoms with Gasteiger partial charge in [0.2, 0.25) is 0 Å². The second-order valence-corrected chi connectivity index (χ2v) is 6.04. The van der Waals surface area contributed by atoms with E-state index < -0.39 is 0 Å². The number of fused-ring (bicyclic) bond motifs is 1. The van der Waals surface area contributed by atoms with E-state index in [1.807, 2.05) is 13.8 Å². The van der Waals surface area contributed by atoms with Gasteiger partial charge in [0.1, 0.15) is 11.0 Å². The zero-order chi connectivity index (χ0) is 15.1. The van der Waals surface area contributed by atoms with E-state index >= 15 is 0 Å². The summed E-state index contributed by atoms with van der Waals surface area (Å²) in [5.41, 5.74) is 3.27. The van der Waals surface area contributed by atoms with E-state index in [4.69, 9.17) is 34.8 Å². The molecule has 0 bridgehead atoms. The summed E-state index contributed by atoms with van der Waals surface area (Å²) in [4.78, 5) is 8.60. The van der Waals surface area contributed by atoms with Crippen LogP contribution >= 0.6 is 46.5 Å². The van der Waals surface area contributed by atoms with Crippen molar-refractivity contribution in [2.75, 3.05) is 5.32 Å². The van der Waals surface area contributed by atoms with Crippen molar-refractivity contribution in [3.8, 4) is 0 Å². The van der Waals surface area contributed by atoms with Gasteiger partial charge in [-0.1, -0.05) is 34.8 Å². The molecule has 5 nitrogen and oxygen atoms in total. The fraction of sp³-hybridized carbons (Fsp3) is 0.167. The lowest BCUT2D eigenvalue weighted by atomic mass is 10.2. The molecular weight excluding hydrogens is 353 g/mol. The average Bonchev–Trinajstić information content (AvgIpc) is 2.90. The average molecular weight is 361 g/mol. The Hall–Kier alpha value is -1.21. The number of aryl methyl sites for hydroxylation is 2. The third-order valence-electron chi connectivity index (χ3n) is 2.95. The molecule has 0 aliphatic rings. The number of nitrogens with one attached hydrogen (secondary N) is 1. The molecule has 9 heteroatoms. The van der Waals surface area contributed by atoms with E-state index in [1.54, 1.807) is 6.07 Å². The summed E-state index contributed by atoms with van der Waals surface area (Å²) in [5.74, 6) is 0.415. The molecule has 0 atom stereocenters. The SMILES string of the molecule is Cc1nc(Cl)c(Nc2c(Cl)cc(Cl)c3nsnc23)nc1C. The molecule has 0 saturated carbocycles. The van der Waals surface area contributed by atoms with Gasteiger partial charge in [-0.2, -0.15) is 8.75 Å². The summed E-state index contributed by atoms with van der Waals surface area (Å²) in [6, 6.07) is 1.61. The van der Waals surface area contributed by atoms with Crippen LogP contribution in [0.5, 0.6) is 0 Å². The Balaban J connectivity index is 2.14. The van der Waals surface area contributed by atoms with Crippen LogP contribution in [0.15, 0.2) is 6.07 Å². The first-order chi connectivity index (χ1) is 9.97. The molecule has 21 heavy (non-hydrogen) atoms. The van der Waals surface area contributed by atoms with Crippen LogP contribution in [0.25, 0.3) is 11.0 Å². The largest absolute Gasteiger partial charge is 0.335 e. The number of rotatable bonds is 2. The molecule has 0 unspecified atom stereocenters. The topological polar surface area (TPSA) is 63.6 Å². The van der Waals surface area contributed by atoms with Gasteiger partial charge in [0.15, 0.2) is 11.0 Å². The molecule has 3 aromatic rings. The van der Waals surface area contributed by atoms with Crippen molar-refractivity contribution in [3.63, 3.8) is 0 Å². The van der Waals surface area contributed by atoms with Gasteiger partial charge in [0, 0.05) is 0 Å². The number of aromatic nitrogens is 4. The molecule has 0 aliphatic heterocycles. The van der Waals surface area contributed by atoms with E-state index in [9.17, 15) is 0 Å². The summed E-state index contributed by atoms with van der Waals surface area (Å²) in [6.45, 7) is 3.70. The maximum Gasteiger partial charge on any atom is 0.172 e. The molecule has 1 aromatic carbocycles. The summed E-state index contributed by atoms with van der Waals surface area (Å²) in [7, 11) is 0. The second-order valence-electron chi connectivity index (χ2n) is 4.34. The number of halogens is 3. The predicted molar refractivity (Wildman–Crippen MR) is 87.2 cm³/mol. The Morgan fingerprint density at radius 1 is 0.952 bits per heavy atom. The lowest BCUT2D eigenvalue weighted by molar-refractivity contribution is 1.05. The fourth-order valence-corrected chi connectivity index (χ4v) is 3.14. The Kier molecular flexibility index (Phi) is 3.88. The first kappa shape index (κ1) is 14.7. The van der Waals surface area contributed by atoms with Gasteiger partial charge < -0.3 is 5.32 Å². The zero-order valence-corrected chi connectivity index (χ0v) is 14.0. The number of nitrogens with zero attached hydrogens (tertiary/aromatic N) is 4. The van der Waals surface area contributed by atoms with E-state index in [2.05, 4.69) is 24.0 Å². The van der Waals surface area contributed by atoms with Gasteiger partial charge in [0.05, 0.1) is 38.8 Å². The Morgan fingerprint density at radius 3 is 2.38 bits per heavy atom. The summed E-state index contributed by atoms with van der Waals surface area (Å²) in [5, 5.41) is 4.20. The van der Waals surface area contributed by atoms with Crippen molar-refractivity contribution in [1.29, 1.82) is 0 Å². The highest BCUT2D eigenvalue weighted by Crippen LogP contribution is 2.37. The van der Waals surface area contributed by atoms with E-state index in [-0.39, 0.29) is 5.15 Å². The van der Waals surface area contributed by atoms with Crippen molar-refractivity contribution in [1.82, 2.24) is 18.7 Å². The number of hydrogen-bond donors (Lipinski definition) is 1. The maximum absolute atomic E-state index is 6.24. The standard InChI is InChI=1S/C12H8Cl3N5S/c1-4-5(2)17-12(11(15)16-4)18-8-6(13)3-7(14)9-10(8)20-21-19-9/h3H,1-2H3,(H,17,18). The number of anilines is 2. The minimum Gasteiger partial charge on any atom is -0.335 e. The fourth-order valence-electron chi connectivity index (χ4n) is 1.77. The summed E-state index contributed by atoms with van der Waals surface area (Å²) >= 11 is 19.5. The van der Waals surface area contributed by atoms with Gasteiger partial charge >= 0.3 is 0 Å². The highest BCUT2D eigenvalue weighted by atomic mass is 35.5. The Morgan fingerprint density at radius 2 is 1.62 bits per heavy atom. The maximum atomic E-state index is 6.24. The molecule has 108 valence electrons. The van der Waals surface area contributed by atoms with Crippen LogP contribution in [-0.2, 0) is 0 Å². The lowest BCUT2D eigenvalue weighted by Gasteiger charge is -2.11. The zero-order valence-electron chi connectivity index (χ0n) is 10.9. The van der Waals surface area contributed by atoms with Crippen molar-refractivity contribution in [2.45, 2.75) is 13.8 Å². The molecule has 0 saturated heterocycles. The van der Waals surface area contributed by atoms with Crippen LogP contribution in [-0.4, -0.2) is 18.7 Å². The van der Waals surface area contributed by atoms with Crippen molar-refractivity contribution in [2.24, 2.45) is 0 Å². The van der Waals surface area contributed by atoms with Gasteiger partial charge in [-0.15, -0.1) is 0 Å².